The number of amides is 2. The van der Waals surface area contributed by atoms with Crippen LogP contribution in [0.5, 0.6) is 5.75 Å². The number of benzene rings is 3. The van der Waals surface area contributed by atoms with Gasteiger partial charge in [0.1, 0.15) is 5.75 Å². The third-order valence-corrected chi connectivity index (χ3v) is 4.28. The minimum absolute atomic E-state index is 0.112. The number of nitro groups is 1. The van der Waals surface area contributed by atoms with E-state index in [0.717, 1.165) is 5.56 Å². The number of carbonyl (C=O) groups excluding carboxylic acids is 2. The molecule has 3 rings (SSSR count). The molecule has 3 aromatic carbocycles. The second-order valence-corrected chi connectivity index (χ2v) is 6.63. The monoisotopic (exact) mass is 432 g/mol. The lowest BCUT2D eigenvalue weighted by atomic mass is 10.2. The zero-order valence-electron chi connectivity index (χ0n) is 16.9. The van der Waals surface area contributed by atoms with Crippen LogP contribution < -0.4 is 15.5 Å². The lowest BCUT2D eigenvalue weighted by Crippen LogP contribution is -2.28. The second-order valence-electron chi connectivity index (χ2n) is 6.63. The third kappa shape index (κ3) is 6.77. The number of carbonyl (C=O) groups is 2. The predicted octanol–water partition coefficient (Wildman–Crippen LogP) is 3.05. The summed E-state index contributed by atoms with van der Waals surface area (Å²) in [5.74, 6) is -0.285. The van der Waals surface area contributed by atoms with E-state index >= 15 is 0 Å². The van der Waals surface area contributed by atoms with Gasteiger partial charge in [-0.15, -0.1) is 0 Å². The standard InChI is InChI=1S/C23H20N4O5/c28-22(24-14-17-5-2-1-3-6-17)16-32-21-11-9-18(10-12-21)15-25-26-23(29)19-7-4-8-20(13-19)27(30)31/h1-13,15H,14,16H2,(H,24,28)(H,26,29)/b25-15+. The van der Waals surface area contributed by atoms with Crippen molar-refractivity contribution in [3.63, 3.8) is 0 Å². The summed E-state index contributed by atoms with van der Waals surface area (Å²) in [6, 6.07) is 21.7. The molecule has 0 aliphatic heterocycles. The predicted molar refractivity (Wildman–Crippen MR) is 118 cm³/mol. The van der Waals surface area contributed by atoms with Crippen molar-refractivity contribution in [1.29, 1.82) is 0 Å². The van der Waals surface area contributed by atoms with Crippen molar-refractivity contribution < 1.29 is 19.2 Å². The molecule has 0 radical (unpaired) electrons. The van der Waals surface area contributed by atoms with Crippen molar-refractivity contribution in [2.24, 2.45) is 5.10 Å². The first-order valence-corrected chi connectivity index (χ1v) is 9.62. The van der Waals surface area contributed by atoms with E-state index in [9.17, 15) is 19.7 Å². The van der Waals surface area contributed by atoms with Crippen molar-refractivity contribution >= 4 is 23.7 Å². The van der Waals surface area contributed by atoms with Gasteiger partial charge >= 0.3 is 0 Å². The highest BCUT2D eigenvalue weighted by Crippen LogP contribution is 2.13. The van der Waals surface area contributed by atoms with Crippen LogP contribution in [0, 0.1) is 10.1 Å². The van der Waals surface area contributed by atoms with Gasteiger partial charge < -0.3 is 10.1 Å². The van der Waals surface area contributed by atoms with E-state index in [1.54, 1.807) is 24.3 Å². The van der Waals surface area contributed by atoms with E-state index in [4.69, 9.17) is 4.74 Å². The zero-order chi connectivity index (χ0) is 22.8. The van der Waals surface area contributed by atoms with Crippen LogP contribution in [0.25, 0.3) is 0 Å². The maximum atomic E-state index is 12.1. The molecule has 2 amide bonds. The first-order valence-electron chi connectivity index (χ1n) is 9.62. The fraction of sp³-hybridized carbons (Fsp3) is 0.0870. The van der Waals surface area contributed by atoms with E-state index < -0.39 is 10.8 Å². The number of hydrazone groups is 1. The van der Waals surface area contributed by atoms with Crippen molar-refractivity contribution in [3.05, 3.63) is 106 Å². The Morgan fingerprint density at radius 1 is 1.00 bits per heavy atom. The molecule has 0 fully saturated rings. The van der Waals surface area contributed by atoms with Crippen LogP contribution in [0.2, 0.25) is 0 Å². The number of nitrogens with zero attached hydrogens (tertiary/aromatic N) is 2. The molecule has 0 spiro atoms. The van der Waals surface area contributed by atoms with Crippen LogP contribution in [-0.2, 0) is 11.3 Å². The topological polar surface area (TPSA) is 123 Å². The molecular weight excluding hydrogens is 412 g/mol. The largest absolute Gasteiger partial charge is 0.484 e. The Kier molecular flexibility index (Phi) is 7.63. The molecule has 32 heavy (non-hydrogen) atoms. The molecular formula is C23H20N4O5. The quantitative estimate of drug-likeness (QED) is 0.306. The fourth-order valence-corrected chi connectivity index (χ4v) is 2.64. The van der Waals surface area contributed by atoms with Gasteiger partial charge in [-0.3, -0.25) is 19.7 Å². The van der Waals surface area contributed by atoms with Gasteiger partial charge in [-0.2, -0.15) is 5.10 Å². The van der Waals surface area contributed by atoms with E-state index in [0.29, 0.717) is 17.9 Å². The molecule has 0 atom stereocenters. The van der Waals surface area contributed by atoms with E-state index in [1.807, 2.05) is 30.3 Å². The number of rotatable bonds is 9. The van der Waals surface area contributed by atoms with Crippen LogP contribution in [0.1, 0.15) is 21.5 Å². The average Bonchev–Trinajstić information content (AvgIpc) is 2.83. The molecule has 0 unspecified atom stereocenters. The smallest absolute Gasteiger partial charge is 0.271 e. The van der Waals surface area contributed by atoms with Crippen LogP contribution in [0.3, 0.4) is 0 Å². The first-order chi connectivity index (χ1) is 15.5. The molecule has 0 saturated heterocycles. The van der Waals surface area contributed by atoms with Gasteiger partial charge in [0.05, 0.1) is 11.1 Å². The third-order valence-electron chi connectivity index (χ3n) is 4.28. The Morgan fingerprint density at radius 3 is 2.47 bits per heavy atom. The van der Waals surface area contributed by atoms with Crippen LogP contribution in [0.15, 0.2) is 84.0 Å². The molecule has 9 nitrogen and oxygen atoms in total. The molecule has 0 aliphatic carbocycles. The minimum Gasteiger partial charge on any atom is -0.484 e. The Balaban J connectivity index is 1.44. The maximum absolute atomic E-state index is 12.1. The minimum atomic E-state index is -0.573. The summed E-state index contributed by atoms with van der Waals surface area (Å²) in [6.45, 7) is 0.319. The molecule has 2 N–H and O–H groups in total. The van der Waals surface area contributed by atoms with Gasteiger partial charge in [0.25, 0.3) is 17.5 Å². The van der Waals surface area contributed by atoms with Gasteiger partial charge in [-0.05, 0) is 41.5 Å². The molecule has 0 aliphatic rings. The molecule has 0 bridgehead atoms. The van der Waals surface area contributed by atoms with Gasteiger partial charge in [-0.1, -0.05) is 36.4 Å². The van der Waals surface area contributed by atoms with E-state index in [1.165, 1.54) is 30.5 Å². The van der Waals surface area contributed by atoms with E-state index in [2.05, 4.69) is 15.8 Å². The molecule has 3 aromatic rings. The van der Waals surface area contributed by atoms with Crippen LogP contribution in [-0.4, -0.2) is 29.6 Å². The molecule has 9 heteroatoms. The second kappa shape index (κ2) is 11.0. The summed E-state index contributed by atoms with van der Waals surface area (Å²) in [6.07, 6.45) is 1.42. The summed E-state index contributed by atoms with van der Waals surface area (Å²) in [7, 11) is 0. The Morgan fingerprint density at radius 2 is 1.75 bits per heavy atom. The Bertz CT molecular complexity index is 1110. The summed E-state index contributed by atoms with van der Waals surface area (Å²) in [5, 5.41) is 17.4. The van der Waals surface area contributed by atoms with Gasteiger partial charge in [0, 0.05) is 24.2 Å². The highest BCUT2D eigenvalue weighted by molar-refractivity contribution is 5.95. The Hall–Kier alpha value is -4.53. The highest BCUT2D eigenvalue weighted by Gasteiger charge is 2.10. The summed E-state index contributed by atoms with van der Waals surface area (Å²) >= 11 is 0. The number of hydrogen-bond donors (Lipinski definition) is 2. The fourth-order valence-electron chi connectivity index (χ4n) is 2.64. The van der Waals surface area contributed by atoms with Gasteiger partial charge in [0.15, 0.2) is 6.61 Å². The number of non-ortho nitro benzene ring substituents is 1. The number of nitro benzene ring substituents is 1. The first kappa shape index (κ1) is 22.2. The number of hydrogen-bond acceptors (Lipinski definition) is 6. The maximum Gasteiger partial charge on any atom is 0.271 e. The van der Waals surface area contributed by atoms with Crippen molar-refractivity contribution in [2.75, 3.05) is 6.61 Å². The van der Waals surface area contributed by atoms with Crippen LogP contribution >= 0.6 is 0 Å². The Labute approximate surface area is 183 Å². The number of nitrogens with one attached hydrogen (secondary N) is 2. The molecule has 162 valence electrons. The van der Waals surface area contributed by atoms with Gasteiger partial charge in [0.2, 0.25) is 0 Å². The SMILES string of the molecule is O=C(COc1ccc(/C=N/NC(=O)c2cccc([N+](=O)[O-])c2)cc1)NCc1ccccc1. The lowest BCUT2D eigenvalue weighted by Gasteiger charge is -2.08. The zero-order valence-corrected chi connectivity index (χ0v) is 16.9. The van der Waals surface area contributed by atoms with E-state index in [-0.39, 0.29) is 23.8 Å². The van der Waals surface area contributed by atoms with Gasteiger partial charge in [-0.25, -0.2) is 5.43 Å². The highest BCUT2D eigenvalue weighted by atomic mass is 16.6. The van der Waals surface area contributed by atoms with Crippen molar-refractivity contribution in [2.45, 2.75) is 6.54 Å². The molecule has 0 heterocycles. The summed E-state index contributed by atoms with van der Waals surface area (Å²) in [4.78, 5) is 34.2. The summed E-state index contributed by atoms with van der Waals surface area (Å²) in [5.41, 5.74) is 3.96. The molecule has 0 saturated carbocycles. The van der Waals surface area contributed by atoms with Crippen molar-refractivity contribution in [3.8, 4) is 5.75 Å². The van der Waals surface area contributed by atoms with Crippen LogP contribution in [0.4, 0.5) is 5.69 Å². The average molecular weight is 432 g/mol. The number of ether oxygens (including phenoxy) is 1. The lowest BCUT2D eigenvalue weighted by molar-refractivity contribution is -0.384. The normalized spacial score (nSPS) is 10.5. The van der Waals surface area contributed by atoms with Crippen molar-refractivity contribution in [1.82, 2.24) is 10.7 Å². The summed E-state index contributed by atoms with van der Waals surface area (Å²) < 4.78 is 5.46. The molecule has 0 aromatic heterocycles.